The molecule has 1 aliphatic carbocycles. The van der Waals surface area contributed by atoms with E-state index < -0.39 is 0 Å². The monoisotopic (exact) mass is 315 g/mol. The van der Waals surface area contributed by atoms with E-state index in [9.17, 15) is 9.59 Å². The van der Waals surface area contributed by atoms with Gasteiger partial charge in [-0.05, 0) is 39.7 Å². The summed E-state index contributed by atoms with van der Waals surface area (Å²) in [5.74, 6) is -0.435. The first-order valence-corrected chi connectivity index (χ1v) is 7.88. The molecule has 7 nitrogen and oxygen atoms in total. The van der Waals surface area contributed by atoms with Crippen molar-refractivity contribution < 1.29 is 9.59 Å². The number of nitrogens with one attached hydrogen (secondary N) is 2. The minimum atomic E-state index is -0.283. The first-order chi connectivity index (χ1) is 11.0. The van der Waals surface area contributed by atoms with Crippen LogP contribution in [0.25, 0.3) is 11.0 Å². The highest BCUT2D eigenvalue weighted by molar-refractivity contribution is 6.06. The van der Waals surface area contributed by atoms with Gasteiger partial charge in [-0.3, -0.25) is 9.59 Å². The van der Waals surface area contributed by atoms with E-state index in [4.69, 9.17) is 0 Å². The normalized spacial score (nSPS) is 14.3. The molecule has 1 aliphatic rings. The highest BCUT2D eigenvalue weighted by Crippen LogP contribution is 2.21. The number of fused-ring (bicyclic) bond motifs is 1. The van der Waals surface area contributed by atoms with Crippen LogP contribution in [0, 0.1) is 6.92 Å². The molecular formula is C16H21N5O2. The largest absolute Gasteiger partial charge is 0.352 e. The summed E-state index contributed by atoms with van der Waals surface area (Å²) in [5, 5.41) is 10.5. The van der Waals surface area contributed by atoms with E-state index in [1.165, 1.54) is 0 Å². The van der Waals surface area contributed by atoms with Crippen LogP contribution in [0.2, 0.25) is 0 Å². The van der Waals surface area contributed by atoms with Crippen LogP contribution >= 0.6 is 0 Å². The van der Waals surface area contributed by atoms with Crippen molar-refractivity contribution in [1.29, 1.82) is 0 Å². The van der Waals surface area contributed by atoms with E-state index in [-0.39, 0.29) is 24.4 Å². The third kappa shape index (κ3) is 3.33. The molecule has 2 aromatic heterocycles. The summed E-state index contributed by atoms with van der Waals surface area (Å²) in [5.41, 5.74) is 1.93. The van der Waals surface area contributed by atoms with Crippen LogP contribution in [0.3, 0.4) is 0 Å². The van der Waals surface area contributed by atoms with E-state index in [2.05, 4.69) is 20.7 Å². The van der Waals surface area contributed by atoms with Gasteiger partial charge in [0.1, 0.15) is 0 Å². The number of carbonyl (C=O) groups is 2. The molecule has 2 aromatic rings. The molecule has 0 unspecified atom stereocenters. The van der Waals surface area contributed by atoms with Crippen molar-refractivity contribution in [2.45, 2.75) is 45.7 Å². The summed E-state index contributed by atoms with van der Waals surface area (Å²) in [6, 6.07) is 2.17. The lowest BCUT2D eigenvalue weighted by Crippen LogP contribution is -2.37. The van der Waals surface area contributed by atoms with Gasteiger partial charge in [0, 0.05) is 17.8 Å². The van der Waals surface area contributed by atoms with Crippen LogP contribution in [-0.4, -0.2) is 39.2 Å². The van der Waals surface area contributed by atoms with Crippen LogP contribution in [0.5, 0.6) is 0 Å². The average Bonchev–Trinajstić information content (AvgIpc) is 3.19. The number of carbonyl (C=O) groups excluding carboxylic acids is 2. The summed E-state index contributed by atoms with van der Waals surface area (Å²) in [6.07, 6.45) is 3.71. The molecule has 122 valence electrons. The fourth-order valence-corrected chi connectivity index (χ4v) is 2.47. The van der Waals surface area contributed by atoms with E-state index >= 15 is 0 Å². The smallest absolute Gasteiger partial charge is 0.252 e. The Morgan fingerprint density at radius 1 is 1.39 bits per heavy atom. The number of nitrogens with zero attached hydrogens (tertiary/aromatic N) is 3. The standard InChI is InChI=1S/C16H21N5O2/c1-9(2)21-15-13(7-18-21)12(6-10(3)19-15)16(23)17-8-14(22)20-11-4-5-11/h6-7,9,11H,4-5,8H2,1-3H3,(H,17,23)(H,20,22). The first kappa shape index (κ1) is 15.5. The van der Waals surface area contributed by atoms with E-state index in [1.807, 2.05) is 20.8 Å². The third-order valence-electron chi connectivity index (χ3n) is 3.78. The molecule has 2 heterocycles. The Kier molecular flexibility index (Phi) is 4.02. The first-order valence-electron chi connectivity index (χ1n) is 7.88. The second-order valence-electron chi connectivity index (χ2n) is 6.26. The van der Waals surface area contributed by atoms with Gasteiger partial charge in [0.25, 0.3) is 5.91 Å². The summed E-state index contributed by atoms with van der Waals surface area (Å²) < 4.78 is 1.79. The van der Waals surface area contributed by atoms with Gasteiger partial charge in [-0.25, -0.2) is 9.67 Å². The lowest BCUT2D eigenvalue weighted by atomic mass is 10.1. The number of hydrogen-bond donors (Lipinski definition) is 2. The predicted octanol–water partition coefficient (Wildman–Crippen LogP) is 1.33. The SMILES string of the molecule is Cc1cc(C(=O)NCC(=O)NC2CC2)c2cnn(C(C)C)c2n1. The number of aryl methyl sites for hydroxylation is 1. The molecule has 0 aliphatic heterocycles. The minimum Gasteiger partial charge on any atom is -0.352 e. The molecule has 0 saturated heterocycles. The molecule has 7 heteroatoms. The molecule has 0 spiro atoms. The summed E-state index contributed by atoms with van der Waals surface area (Å²) in [7, 11) is 0. The van der Waals surface area contributed by atoms with Gasteiger partial charge in [0.15, 0.2) is 5.65 Å². The lowest BCUT2D eigenvalue weighted by molar-refractivity contribution is -0.120. The zero-order valence-corrected chi connectivity index (χ0v) is 13.6. The highest BCUT2D eigenvalue weighted by atomic mass is 16.2. The molecule has 0 bridgehead atoms. The van der Waals surface area contributed by atoms with E-state index in [0.717, 1.165) is 18.5 Å². The molecule has 0 radical (unpaired) electrons. The molecule has 23 heavy (non-hydrogen) atoms. The summed E-state index contributed by atoms with van der Waals surface area (Å²) in [6.45, 7) is 5.85. The van der Waals surface area contributed by atoms with Gasteiger partial charge in [-0.2, -0.15) is 5.10 Å². The van der Waals surface area contributed by atoms with Gasteiger partial charge >= 0.3 is 0 Å². The van der Waals surface area contributed by atoms with Crippen LogP contribution in [-0.2, 0) is 4.79 Å². The van der Waals surface area contributed by atoms with Crippen molar-refractivity contribution in [2.24, 2.45) is 0 Å². The van der Waals surface area contributed by atoms with Crippen LogP contribution in [0.1, 0.15) is 48.8 Å². The van der Waals surface area contributed by atoms with E-state index in [1.54, 1.807) is 16.9 Å². The molecule has 0 atom stereocenters. The van der Waals surface area contributed by atoms with Gasteiger partial charge < -0.3 is 10.6 Å². The van der Waals surface area contributed by atoms with Gasteiger partial charge in [-0.15, -0.1) is 0 Å². The molecule has 1 fully saturated rings. The highest BCUT2D eigenvalue weighted by Gasteiger charge is 2.23. The van der Waals surface area contributed by atoms with Crippen LogP contribution in [0.4, 0.5) is 0 Å². The fourth-order valence-electron chi connectivity index (χ4n) is 2.47. The summed E-state index contributed by atoms with van der Waals surface area (Å²) in [4.78, 5) is 28.6. The van der Waals surface area contributed by atoms with Crippen molar-refractivity contribution >= 4 is 22.8 Å². The third-order valence-corrected chi connectivity index (χ3v) is 3.78. The maximum atomic E-state index is 12.4. The number of aromatic nitrogens is 3. The Bertz CT molecular complexity index is 761. The Hall–Kier alpha value is -2.44. The number of rotatable bonds is 5. The molecule has 2 N–H and O–H groups in total. The van der Waals surface area contributed by atoms with Crippen molar-refractivity contribution in [3.05, 3.63) is 23.5 Å². The Morgan fingerprint density at radius 2 is 2.13 bits per heavy atom. The zero-order valence-electron chi connectivity index (χ0n) is 13.6. The average molecular weight is 315 g/mol. The van der Waals surface area contributed by atoms with E-state index in [0.29, 0.717) is 22.6 Å². The van der Waals surface area contributed by atoms with Crippen LogP contribution in [0.15, 0.2) is 12.3 Å². The maximum absolute atomic E-state index is 12.4. The number of hydrogen-bond acceptors (Lipinski definition) is 4. The second-order valence-corrected chi connectivity index (χ2v) is 6.26. The maximum Gasteiger partial charge on any atom is 0.252 e. The lowest BCUT2D eigenvalue weighted by Gasteiger charge is -2.09. The molecule has 3 rings (SSSR count). The second kappa shape index (κ2) is 5.98. The van der Waals surface area contributed by atoms with Gasteiger partial charge in [-0.1, -0.05) is 0 Å². The fraction of sp³-hybridized carbons (Fsp3) is 0.500. The van der Waals surface area contributed by atoms with Crippen molar-refractivity contribution in [3.8, 4) is 0 Å². The molecule has 1 saturated carbocycles. The van der Waals surface area contributed by atoms with Gasteiger partial charge in [0.05, 0.1) is 23.7 Å². The Balaban J connectivity index is 1.80. The number of amides is 2. The summed E-state index contributed by atoms with van der Waals surface area (Å²) >= 11 is 0. The quantitative estimate of drug-likeness (QED) is 0.871. The van der Waals surface area contributed by atoms with Crippen molar-refractivity contribution in [2.75, 3.05) is 6.54 Å². The van der Waals surface area contributed by atoms with Crippen molar-refractivity contribution in [3.63, 3.8) is 0 Å². The van der Waals surface area contributed by atoms with Crippen LogP contribution < -0.4 is 10.6 Å². The van der Waals surface area contributed by atoms with Crippen molar-refractivity contribution in [1.82, 2.24) is 25.4 Å². The molecule has 2 amide bonds. The predicted molar refractivity (Wildman–Crippen MR) is 86.1 cm³/mol. The zero-order chi connectivity index (χ0) is 16.6. The Labute approximate surface area is 134 Å². The molecule has 0 aromatic carbocycles. The number of pyridine rings is 1. The van der Waals surface area contributed by atoms with Gasteiger partial charge in [0.2, 0.25) is 5.91 Å². The molecular weight excluding hydrogens is 294 g/mol. The topological polar surface area (TPSA) is 88.9 Å². The minimum absolute atomic E-state index is 0.0173. The Morgan fingerprint density at radius 3 is 2.78 bits per heavy atom.